The first-order valence-corrected chi connectivity index (χ1v) is 5.07. The van der Waals surface area contributed by atoms with E-state index in [2.05, 4.69) is 20.7 Å². The van der Waals surface area contributed by atoms with Crippen molar-refractivity contribution in [3.8, 4) is 0 Å². The summed E-state index contributed by atoms with van der Waals surface area (Å²) in [6, 6.07) is 0. The lowest BCUT2D eigenvalue weighted by atomic mass is 10.7. The van der Waals surface area contributed by atoms with E-state index in [1.807, 2.05) is 0 Å². The molecule has 0 bridgehead atoms. The number of nitrogens with one attached hydrogen (secondary N) is 1. The third-order valence-corrected chi connectivity index (χ3v) is 2.14. The standard InChI is InChI=1S/C6H9N5O3S/c1-11-9-6(8-10-11)7-4(12)2-15-3-5(13)14/h2-3H2,1H3,(H,13,14)(H,7,9,12). The highest BCUT2D eigenvalue weighted by Gasteiger charge is 2.07. The van der Waals surface area contributed by atoms with Crippen LogP contribution in [0.25, 0.3) is 0 Å². The van der Waals surface area contributed by atoms with Crippen molar-refractivity contribution in [2.24, 2.45) is 7.05 Å². The highest BCUT2D eigenvalue weighted by molar-refractivity contribution is 8.00. The molecule has 0 aliphatic heterocycles. The van der Waals surface area contributed by atoms with Crippen molar-refractivity contribution in [1.82, 2.24) is 20.2 Å². The normalized spacial score (nSPS) is 9.93. The zero-order valence-electron chi connectivity index (χ0n) is 7.88. The lowest BCUT2D eigenvalue weighted by molar-refractivity contribution is -0.133. The number of carboxylic acids is 1. The number of thioether (sulfide) groups is 1. The smallest absolute Gasteiger partial charge is 0.313 e. The number of nitrogens with zero attached hydrogens (tertiary/aromatic N) is 4. The fraction of sp³-hybridized carbons (Fsp3) is 0.500. The molecule has 0 saturated carbocycles. The Morgan fingerprint density at radius 3 is 2.80 bits per heavy atom. The fourth-order valence-corrected chi connectivity index (χ4v) is 1.26. The molecule has 2 N–H and O–H groups in total. The second-order valence-electron chi connectivity index (χ2n) is 2.54. The number of rotatable bonds is 5. The summed E-state index contributed by atoms with van der Waals surface area (Å²) in [6.07, 6.45) is 0. The first-order chi connectivity index (χ1) is 7.08. The summed E-state index contributed by atoms with van der Waals surface area (Å²) in [5, 5.41) is 21.5. The van der Waals surface area contributed by atoms with E-state index >= 15 is 0 Å². The van der Waals surface area contributed by atoms with Gasteiger partial charge in [-0.2, -0.15) is 4.80 Å². The van der Waals surface area contributed by atoms with Gasteiger partial charge in [-0.25, -0.2) is 0 Å². The molecule has 15 heavy (non-hydrogen) atoms. The van der Waals surface area contributed by atoms with Gasteiger partial charge in [0.15, 0.2) is 0 Å². The Bertz CT molecular complexity index is 365. The molecule has 9 heteroatoms. The molecule has 1 aromatic rings. The van der Waals surface area contributed by atoms with Crippen LogP contribution in [0.4, 0.5) is 5.95 Å². The van der Waals surface area contributed by atoms with Crippen LogP contribution < -0.4 is 5.32 Å². The van der Waals surface area contributed by atoms with Gasteiger partial charge in [-0.15, -0.1) is 16.9 Å². The molecule has 0 fully saturated rings. The van der Waals surface area contributed by atoms with Crippen molar-refractivity contribution in [3.05, 3.63) is 0 Å². The van der Waals surface area contributed by atoms with E-state index in [1.54, 1.807) is 7.05 Å². The van der Waals surface area contributed by atoms with Crippen LogP contribution in [0.2, 0.25) is 0 Å². The van der Waals surface area contributed by atoms with Gasteiger partial charge >= 0.3 is 5.97 Å². The Kier molecular flexibility index (Phi) is 4.03. The third-order valence-electron chi connectivity index (χ3n) is 1.22. The summed E-state index contributed by atoms with van der Waals surface area (Å²) in [5.41, 5.74) is 0. The predicted octanol–water partition coefficient (Wildman–Crippen LogP) is -1.03. The molecule has 1 heterocycles. The van der Waals surface area contributed by atoms with Gasteiger partial charge in [0, 0.05) is 0 Å². The maximum Gasteiger partial charge on any atom is 0.313 e. The number of tetrazole rings is 1. The molecule has 0 spiro atoms. The van der Waals surface area contributed by atoms with E-state index in [0.29, 0.717) is 0 Å². The molecule has 0 aromatic carbocycles. The maximum atomic E-state index is 11.2. The minimum Gasteiger partial charge on any atom is -0.481 e. The van der Waals surface area contributed by atoms with Crippen LogP contribution in [0.15, 0.2) is 0 Å². The number of anilines is 1. The molecule has 0 radical (unpaired) electrons. The van der Waals surface area contributed by atoms with Crippen molar-refractivity contribution in [1.29, 1.82) is 0 Å². The van der Waals surface area contributed by atoms with Gasteiger partial charge in [-0.3, -0.25) is 14.9 Å². The van der Waals surface area contributed by atoms with Crippen LogP contribution in [0.5, 0.6) is 0 Å². The van der Waals surface area contributed by atoms with Crippen molar-refractivity contribution in [2.75, 3.05) is 16.8 Å². The van der Waals surface area contributed by atoms with Crippen LogP contribution in [-0.2, 0) is 16.6 Å². The third kappa shape index (κ3) is 4.40. The quantitative estimate of drug-likeness (QED) is 0.666. The monoisotopic (exact) mass is 231 g/mol. The number of aryl methyl sites for hydroxylation is 1. The topological polar surface area (TPSA) is 110 Å². The second kappa shape index (κ2) is 5.29. The van der Waals surface area contributed by atoms with Gasteiger partial charge < -0.3 is 5.11 Å². The summed E-state index contributed by atoms with van der Waals surface area (Å²) in [6.45, 7) is 0. The van der Waals surface area contributed by atoms with E-state index in [-0.39, 0.29) is 23.4 Å². The minimum atomic E-state index is -0.953. The summed E-state index contributed by atoms with van der Waals surface area (Å²) in [4.78, 5) is 22.5. The van der Waals surface area contributed by atoms with Crippen molar-refractivity contribution in [2.45, 2.75) is 0 Å². The average molecular weight is 231 g/mol. The lowest BCUT2D eigenvalue weighted by Crippen LogP contribution is -2.16. The number of hydrogen-bond donors (Lipinski definition) is 2. The van der Waals surface area contributed by atoms with E-state index in [1.165, 1.54) is 4.80 Å². The SMILES string of the molecule is Cn1nnc(NC(=O)CSCC(=O)O)n1. The highest BCUT2D eigenvalue weighted by atomic mass is 32.2. The van der Waals surface area contributed by atoms with E-state index in [9.17, 15) is 9.59 Å². The van der Waals surface area contributed by atoms with Crippen LogP contribution in [0.3, 0.4) is 0 Å². The molecule has 0 aliphatic rings. The summed E-state index contributed by atoms with van der Waals surface area (Å²) >= 11 is 1.00. The molecular formula is C6H9N5O3S. The lowest BCUT2D eigenvalue weighted by Gasteiger charge is -1.98. The van der Waals surface area contributed by atoms with Crippen LogP contribution in [0.1, 0.15) is 0 Å². The molecular weight excluding hydrogens is 222 g/mol. The van der Waals surface area contributed by atoms with Crippen molar-refractivity contribution >= 4 is 29.6 Å². The van der Waals surface area contributed by atoms with Gasteiger partial charge in [-0.05, 0) is 5.21 Å². The molecule has 82 valence electrons. The summed E-state index contributed by atoms with van der Waals surface area (Å²) in [7, 11) is 1.57. The molecule has 1 amide bonds. The van der Waals surface area contributed by atoms with Gasteiger partial charge in [0.25, 0.3) is 5.95 Å². The van der Waals surface area contributed by atoms with E-state index in [0.717, 1.165) is 11.8 Å². The fourth-order valence-electron chi connectivity index (χ4n) is 0.726. The molecule has 8 nitrogen and oxygen atoms in total. The number of aromatic nitrogens is 4. The molecule has 1 rings (SSSR count). The summed E-state index contributed by atoms with van der Waals surface area (Å²) < 4.78 is 0. The number of aliphatic carboxylic acids is 1. The Labute approximate surface area is 89.0 Å². The number of carbonyl (C=O) groups excluding carboxylic acids is 1. The maximum absolute atomic E-state index is 11.2. The summed E-state index contributed by atoms with van der Waals surface area (Å²) in [5.74, 6) is -1.26. The minimum absolute atomic E-state index is 0.0462. The van der Waals surface area contributed by atoms with Crippen molar-refractivity contribution < 1.29 is 14.7 Å². The van der Waals surface area contributed by atoms with Gasteiger partial charge in [-0.1, -0.05) is 5.10 Å². The number of amides is 1. The van der Waals surface area contributed by atoms with E-state index in [4.69, 9.17) is 5.11 Å². The van der Waals surface area contributed by atoms with Gasteiger partial charge in [0.05, 0.1) is 18.6 Å². The van der Waals surface area contributed by atoms with Crippen molar-refractivity contribution in [3.63, 3.8) is 0 Å². The zero-order chi connectivity index (χ0) is 11.3. The molecule has 0 aliphatic carbocycles. The van der Waals surface area contributed by atoms with Crippen LogP contribution in [-0.4, -0.2) is 48.7 Å². The number of hydrogen-bond acceptors (Lipinski definition) is 6. The largest absolute Gasteiger partial charge is 0.481 e. The molecule has 0 atom stereocenters. The van der Waals surface area contributed by atoms with E-state index < -0.39 is 5.97 Å². The number of carboxylic acid groups (broad SMARTS) is 1. The first-order valence-electron chi connectivity index (χ1n) is 3.91. The highest BCUT2D eigenvalue weighted by Crippen LogP contribution is 2.01. The number of carbonyl (C=O) groups is 2. The Balaban J connectivity index is 2.27. The zero-order valence-corrected chi connectivity index (χ0v) is 8.69. The second-order valence-corrected chi connectivity index (χ2v) is 3.52. The Morgan fingerprint density at radius 2 is 2.27 bits per heavy atom. The van der Waals surface area contributed by atoms with Gasteiger partial charge in [0.2, 0.25) is 5.91 Å². The Hall–Kier alpha value is -1.64. The molecule has 1 aromatic heterocycles. The average Bonchev–Trinajstić information content (AvgIpc) is 2.50. The molecule has 0 unspecified atom stereocenters. The van der Waals surface area contributed by atoms with Gasteiger partial charge in [0.1, 0.15) is 0 Å². The first kappa shape index (κ1) is 11.4. The van der Waals surface area contributed by atoms with Crippen LogP contribution in [0, 0.1) is 0 Å². The predicted molar refractivity (Wildman–Crippen MR) is 52.4 cm³/mol. The van der Waals surface area contributed by atoms with Crippen LogP contribution >= 0.6 is 11.8 Å². The Morgan fingerprint density at radius 1 is 1.53 bits per heavy atom. The molecule has 0 saturated heterocycles.